The monoisotopic (exact) mass is 284 g/mol. The van der Waals surface area contributed by atoms with Crippen LogP contribution in [0.3, 0.4) is 0 Å². The number of hydrogen-bond donors (Lipinski definition) is 3. The highest BCUT2D eigenvalue weighted by Gasteiger charge is 2.18. The van der Waals surface area contributed by atoms with Gasteiger partial charge in [0.1, 0.15) is 0 Å². The molecule has 0 bridgehead atoms. The second kappa shape index (κ2) is 5.69. The van der Waals surface area contributed by atoms with Crippen molar-refractivity contribution in [2.24, 2.45) is 0 Å². The van der Waals surface area contributed by atoms with E-state index in [1.807, 2.05) is 24.3 Å². The first kappa shape index (κ1) is 13.8. The minimum Gasteiger partial charge on any atom is -0.312 e. The third-order valence-corrected chi connectivity index (χ3v) is 3.88. The number of carbonyl (C=O) groups excluding carboxylic acids is 1. The van der Waals surface area contributed by atoms with Crippen molar-refractivity contribution < 1.29 is 4.79 Å². The molecule has 1 amide bonds. The van der Waals surface area contributed by atoms with E-state index in [0.717, 1.165) is 30.8 Å². The molecule has 0 saturated heterocycles. The summed E-state index contributed by atoms with van der Waals surface area (Å²) in [5.74, 6) is 0.979. The Labute approximate surface area is 124 Å². The molecule has 0 fully saturated rings. The molecule has 0 atom stereocenters. The zero-order valence-corrected chi connectivity index (χ0v) is 12.4. The summed E-state index contributed by atoms with van der Waals surface area (Å²) in [5.41, 5.74) is 4.06. The largest absolute Gasteiger partial charge is 0.312 e. The van der Waals surface area contributed by atoms with Crippen LogP contribution in [0.25, 0.3) is 0 Å². The minimum atomic E-state index is -0.120. The van der Waals surface area contributed by atoms with E-state index in [1.165, 1.54) is 5.56 Å². The fourth-order valence-corrected chi connectivity index (χ4v) is 2.53. The van der Waals surface area contributed by atoms with E-state index in [4.69, 9.17) is 0 Å². The van der Waals surface area contributed by atoms with Gasteiger partial charge in [-0.2, -0.15) is 5.10 Å². The number of rotatable bonds is 3. The van der Waals surface area contributed by atoms with E-state index < -0.39 is 0 Å². The molecule has 3 rings (SSSR count). The van der Waals surface area contributed by atoms with Crippen molar-refractivity contribution in [1.82, 2.24) is 15.5 Å². The molecule has 5 heteroatoms. The van der Waals surface area contributed by atoms with Crippen LogP contribution in [0.15, 0.2) is 24.3 Å². The Balaban J connectivity index is 1.75. The summed E-state index contributed by atoms with van der Waals surface area (Å²) in [6.07, 6.45) is 0.918. The van der Waals surface area contributed by atoms with Gasteiger partial charge in [-0.15, -0.1) is 0 Å². The standard InChI is InChI=1S/C16H20N4O/c1-10(2)11-3-5-12(6-4-11)16(21)18-15-13-9-17-8-7-14(13)19-20-15/h3-6,10,17H,7-9H2,1-2H3,(H2,18,19,20,21). The summed E-state index contributed by atoms with van der Waals surface area (Å²) in [4.78, 5) is 12.3. The minimum absolute atomic E-state index is 0.120. The number of amides is 1. The molecule has 0 radical (unpaired) electrons. The van der Waals surface area contributed by atoms with Gasteiger partial charge in [0.25, 0.3) is 5.91 Å². The van der Waals surface area contributed by atoms with Crippen molar-refractivity contribution in [3.8, 4) is 0 Å². The van der Waals surface area contributed by atoms with Gasteiger partial charge < -0.3 is 10.6 Å². The lowest BCUT2D eigenvalue weighted by molar-refractivity contribution is 0.102. The molecule has 0 unspecified atom stereocenters. The Morgan fingerprint density at radius 2 is 2.05 bits per heavy atom. The third-order valence-electron chi connectivity index (χ3n) is 3.88. The SMILES string of the molecule is CC(C)c1ccc(C(=O)Nc2n[nH]c3c2CNCC3)cc1. The molecule has 0 saturated carbocycles. The van der Waals surface area contributed by atoms with Crippen molar-refractivity contribution in [2.75, 3.05) is 11.9 Å². The molecular formula is C16H20N4O. The number of H-pyrrole nitrogens is 1. The first-order valence-corrected chi connectivity index (χ1v) is 7.33. The number of nitrogens with zero attached hydrogens (tertiary/aromatic N) is 1. The maximum absolute atomic E-state index is 12.3. The van der Waals surface area contributed by atoms with Crippen LogP contribution >= 0.6 is 0 Å². The van der Waals surface area contributed by atoms with E-state index in [0.29, 0.717) is 17.3 Å². The first-order chi connectivity index (χ1) is 10.1. The molecule has 1 aromatic carbocycles. The molecule has 1 aliphatic heterocycles. The molecule has 1 aliphatic rings. The average Bonchev–Trinajstić information content (AvgIpc) is 2.91. The number of carbonyl (C=O) groups is 1. The fraction of sp³-hybridized carbons (Fsp3) is 0.375. The second-order valence-corrected chi connectivity index (χ2v) is 5.69. The van der Waals surface area contributed by atoms with Gasteiger partial charge in [-0.25, -0.2) is 0 Å². The molecule has 1 aromatic heterocycles. The predicted octanol–water partition coefficient (Wildman–Crippen LogP) is 2.43. The zero-order valence-electron chi connectivity index (χ0n) is 12.4. The van der Waals surface area contributed by atoms with Crippen LogP contribution in [-0.2, 0) is 13.0 Å². The van der Waals surface area contributed by atoms with Crippen molar-refractivity contribution in [3.63, 3.8) is 0 Å². The van der Waals surface area contributed by atoms with Crippen molar-refractivity contribution >= 4 is 11.7 Å². The Hall–Kier alpha value is -2.14. The summed E-state index contributed by atoms with van der Waals surface area (Å²) in [5, 5.41) is 13.4. The number of aromatic amines is 1. The number of nitrogens with one attached hydrogen (secondary N) is 3. The van der Waals surface area contributed by atoms with Gasteiger partial charge in [-0.3, -0.25) is 9.89 Å². The van der Waals surface area contributed by atoms with Crippen LogP contribution in [0.4, 0.5) is 5.82 Å². The summed E-state index contributed by atoms with van der Waals surface area (Å²) in [7, 11) is 0. The molecule has 0 spiro atoms. The molecule has 0 aliphatic carbocycles. The molecule has 5 nitrogen and oxygen atoms in total. The Bertz CT molecular complexity index is 643. The Kier molecular flexibility index (Phi) is 3.75. The van der Waals surface area contributed by atoms with Gasteiger partial charge in [0.05, 0.1) is 0 Å². The number of benzene rings is 1. The second-order valence-electron chi connectivity index (χ2n) is 5.69. The van der Waals surface area contributed by atoms with Crippen LogP contribution in [-0.4, -0.2) is 22.6 Å². The number of aromatic nitrogens is 2. The number of fused-ring (bicyclic) bond motifs is 1. The lowest BCUT2D eigenvalue weighted by Gasteiger charge is -2.13. The van der Waals surface area contributed by atoms with Crippen LogP contribution in [0.2, 0.25) is 0 Å². The lowest BCUT2D eigenvalue weighted by Crippen LogP contribution is -2.24. The summed E-state index contributed by atoms with van der Waals surface area (Å²) in [6.45, 7) is 5.96. The van der Waals surface area contributed by atoms with Crippen molar-refractivity contribution in [2.45, 2.75) is 32.7 Å². The summed E-state index contributed by atoms with van der Waals surface area (Å²) in [6, 6.07) is 7.73. The van der Waals surface area contributed by atoms with E-state index in [2.05, 4.69) is 34.7 Å². The number of hydrogen-bond acceptors (Lipinski definition) is 3. The lowest BCUT2D eigenvalue weighted by atomic mass is 10.0. The molecular weight excluding hydrogens is 264 g/mol. The quantitative estimate of drug-likeness (QED) is 0.810. The molecule has 2 aromatic rings. The molecule has 21 heavy (non-hydrogen) atoms. The van der Waals surface area contributed by atoms with Crippen LogP contribution < -0.4 is 10.6 Å². The third kappa shape index (κ3) is 2.83. The molecule has 2 heterocycles. The zero-order chi connectivity index (χ0) is 14.8. The molecule has 3 N–H and O–H groups in total. The normalized spacial score (nSPS) is 14.0. The topological polar surface area (TPSA) is 69.8 Å². The summed E-state index contributed by atoms with van der Waals surface area (Å²) >= 11 is 0. The van der Waals surface area contributed by atoms with E-state index in [1.54, 1.807) is 0 Å². The maximum Gasteiger partial charge on any atom is 0.256 e. The van der Waals surface area contributed by atoms with Crippen molar-refractivity contribution in [3.05, 3.63) is 46.6 Å². The Morgan fingerprint density at radius 1 is 1.29 bits per heavy atom. The van der Waals surface area contributed by atoms with Gasteiger partial charge in [0.2, 0.25) is 0 Å². The van der Waals surface area contributed by atoms with E-state index >= 15 is 0 Å². The Morgan fingerprint density at radius 3 is 2.76 bits per heavy atom. The van der Waals surface area contributed by atoms with Crippen LogP contribution in [0, 0.1) is 0 Å². The maximum atomic E-state index is 12.3. The summed E-state index contributed by atoms with van der Waals surface area (Å²) < 4.78 is 0. The van der Waals surface area contributed by atoms with Gasteiger partial charge in [-0.1, -0.05) is 26.0 Å². The van der Waals surface area contributed by atoms with E-state index in [-0.39, 0.29) is 5.91 Å². The van der Waals surface area contributed by atoms with Crippen LogP contribution in [0.1, 0.15) is 46.9 Å². The first-order valence-electron chi connectivity index (χ1n) is 7.33. The van der Waals surface area contributed by atoms with Crippen LogP contribution in [0.5, 0.6) is 0 Å². The fourth-order valence-electron chi connectivity index (χ4n) is 2.53. The number of anilines is 1. The van der Waals surface area contributed by atoms with Gasteiger partial charge in [0, 0.05) is 36.3 Å². The smallest absolute Gasteiger partial charge is 0.256 e. The van der Waals surface area contributed by atoms with E-state index in [9.17, 15) is 4.79 Å². The highest BCUT2D eigenvalue weighted by molar-refractivity contribution is 6.04. The highest BCUT2D eigenvalue weighted by Crippen LogP contribution is 2.21. The average molecular weight is 284 g/mol. The van der Waals surface area contributed by atoms with Gasteiger partial charge in [-0.05, 0) is 23.6 Å². The molecule has 110 valence electrons. The highest BCUT2D eigenvalue weighted by atomic mass is 16.1. The predicted molar refractivity (Wildman–Crippen MR) is 82.5 cm³/mol. The van der Waals surface area contributed by atoms with Gasteiger partial charge >= 0.3 is 0 Å². The van der Waals surface area contributed by atoms with Crippen molar-refractivity contribution in [1.29, 1.82) is 0 Å². The van der Waals surface area contributed by atoms with Gasteiger partial charge in [0.15, 0.2) is 5.82 Å².